The molecule has 0 saturated carbocycles. The number of carbonyl (C=O) groups is 1. The summed E-state index contributed by atoms with van der Waals surface area (Å²) in [7, 11) is -2.21. The minimum atomic E-state index is -3.75. The van der Waals surface area contributed by atoms with Crippen LogP contribution in [-0.2, 0) is 15.4 Å². The second kappa shape index (κ2) is 8.81. The zero-order valence-electron chi connectivity index (χ0n) is 18.0. The molecular formula is C24H26N2O4S. The number of benzene rings is 3. The zero-order valence-corrected chi connectivity index (χ0v) is 18.8. The summed E-state index contributed by atoms with van der Waals surface area (Å²) in [5.74, 6) is 0.378. The van der Waals surface area contributed by atoms with Crippen LogP contribution in [0.15, 0.2) is 77.7 Å². The Hall–Kier alpha value is -3.32. The number of rotatable bonds is 6. The van der Waals surface area contributed by atoms with Gasteiger partial charge in [-0.05, 0) is 71.6 Å². The molecule has 0 aliphatic rings. The van der Waals surface area contributed by atoms with E-state index < -0.39 is 10.0 Å². The lowest BCUT2D eigenvalue weighted by molar-refractivity contribution is 0.102. The van der Waals surface area contributed by atoms with E-state index in [1.807, 2.05) is 12.1 Å². The van der Waals surface area contributed by atoms with Crippen molar-refractivity contribution in [3.8, 4) is 5.75 Å². The predicted molar refractivity (Wildman–Crippen MR) is 123 cm³/mol. The average Bonchev–Trinajstić information content (AvgIpc) is 2.74. The maximum absolute atomic E-state index is 12.6. The largest absolute Gasteiger partial charge is 0.497 e. The summed E-state index contributed by atoms with van der Waals surface area (Å²) >= 11 is 0. The van der Waals surface area contributed by atoms with Crippen molar-refractivity contribution in [1.29, 1.82) is 0 Å². The number of anilines is 2. The van der Waals surface area contributed by atoms with Crippen molar-refractivity contribution in [2.24, 2.45) is 0 Å². The molecule has 162 valence electrons. The van der Waals surface area contributed by atoms with Crippen LogP contribution in [0, 0.1) is 0 Å². The molecule has 0 atom stereocenters. The van der Waals surface area contributed by atoms with Crippen LogP contribution in [-0.4, -0.2) is 21.4 Å². The van der Waals surface area contributed by atoms with Gasteiger partial charge in [0, 0.05) is 16.9 Å². The Morgan fingerprint density at radius 3 is 1.87 bits per heavy atom. The highest BCUT2D eigenvalue weighted by Gasteiger charge is 2.16. The Morgan fingerprint density at radius 2 is 1.35 bits per heavy atom. The normalized spacial score (nSPS) is 11.6. The zero-order chi connectivity index (χ0) is 22.6. The summed E-state index contributed by atoms with van der Waals surface area (Å²) in [5, 5.41) is 2.79. The molecule has 1 amide bonds. The van der Waals surface area contributed by atoms with E-state index in [0.29, 0.717) is 22.7 Å². The van der Waals surface area contributed by atoms with Crippen LogP contribution in [0.25, 0.3) is 0 Å². The number of amides is 1. The number of ether oxygens (including phenoxy) is 1. The van der Waals surface area contributed by atoms with E-state index in [1.54, 1.807) is 55.6 Å². The molecule has 3 rings (SSSR count). The van der Waals surface area contributed by atoms with Crippen LogP contribution >= 0.6 is 0 Å². The fourth-order valence-corrected chi connectivity index (χ4v) is 3.97. The van der Waals surface area contributed by atoms with Crippen molar-refractivity contribution >= 4 is 27.3 Å². The maximum Gasteiger partial charge on any atom is 0.261 e. The second-order valence-electron chi connectivity index (χ2n) is 8.14. The van der Waals surface area contributed by atoms with Gasteiger partial charge in [0.05, 0.1) is 12.0 Å². The molecule has 3 aromatic carbocycles. The van der Waals surface area contributed by atoms with E-state index in [0.717, 1.165) is 5.56 Å². The highest BCUT2D eigenvalue weighted by Crippen LogP contribution is 2.23. The highest BCUT2D eigenvalue weighted by atomic mass is 32.2. The Kier molecular flexibility index (Phi) is 6.36. The summed E-state index contributed by atoms with van der Waals surface area (Å²) in [6.45, 7) is 6.34. The molecule has 0 radical (unpaired) electrons. The number of sulfonamides is 1. The van der Waals surface area contributed by atoms with Gasteiger partial charge in [0.1, 0.15) is 5.75 Å². The summed E-state index contributed by atoms with van der Waals surface area (Å²) in [6.07, 6.45) is 0. The number of nitrogens with one attached hydrogen (secondary N) is 2. The van der Waals surface area contributed by atoms with Crippen LogP contribution < -0.4 is 14.8 Å². The summed E-state index contributed by atoms with van der Waals surface area (Å²) < 4.78 is 32.8. The Balaban J connectivity index is 1.68. The van der Waals surface area contributed by atoms with E-state index >= 15 is 0 Å². The van der Waals surface area contributed by atoms with Crippen molar-refractivity contribution in [2.45, 2.75) is 31.1 Å². The Bertz CT molecular complexity index is 1150. The van der Waals surface area contributed by atoms with Crippen molar-refractivity contribution in [1.82, 2.24) is 0 Å². The standard InChI is InChI=1S/C24H26N2O4S/c1-24(2,3)18-7-5-17(6-8-18)23(27)25-19-11-15-22(16-12-19)31(28,29)26-20-9-13-21(30-4)14-10-20/h5-16,26H,1-4H3,(H,25,27). The van der Waals surface area contributed by atoms with E-state index in [-0.39, 0.29) is 16.2 Å². The topological polar surface area (TPSA) is 84.5 Å². The number of hydrogen-bond donors (Lipinski definition) is 2. The maximum atomic E-state index is 12.6. The summed E-state index contributed by atoms with van der Waals surface area (Å²) in [4.78, 5) is 12.6. The van der Waals surface area contributed by atoms with E-state index in [2.05, 4.69) is 30.8 Å². The van der Waals surface area contributed by atoms with Crippen molar-refractivity contribution in [2.75, 3.05) is 17.1 Å². The van der Waals surface area contributed by atoms with Gasteiger partial charge >= 0.3 is 0 Å². The smallest absolute Gasteiger partial charge is 0.261 e. The third-order valence-electron chi connectivity index (χ3n) is 4.78. The van der Waals surface area contributed by atoms with Gasteiger partial charge in [0.25, 0.3) is 15.9 Å². The Labute approximate surface area is 183 Å². The molecule has 0 unspecified atom stereocenters. The average molecular weight is 439 g/mol. The lowest BCUT2D eigenvalue weighted by atomic mass is 9.87. The number of hydrogen-bond acceptors (Lipinski definition) is 4. The molecule has 0 aliphatic heterocycles. The molecule has 0 spiro atoms. The molecule has 0 fully saturated rings. The van der Waals surface area contributed by atoms with E-state index in [4.69, 9.17) is 4.74 Å². The first-order chi connectivity index (χ1) is 14.6. The van der Waals surface area contributed by atoms with Gasteiger partial charge < -0.3 is 10.1 Å². The van der Waals surface area contributed by atoms with Gasteiger partial charge in [-0.3, -0.25) is 9.52 Å². The second-order valence-corrected chi connectivity index (χ2v) is 9.82. The van der Waals surface area contributed by atoms with Crippen molar-refractivity contribution < 1.29 is 17.9 Å². The minimum absolute atomic E-state index is 0.0101. The van der Waals surface area contributed by atoms with Crippen molar-refractivity contribution in [3.63, 3.8) is 0 Å². The van der Waals surface area contributed by atoms with Gasteiger partial charge in [-0.2, -0.15) is 0 Å². The van der Waals surface area contributed by atoms with Gasteiger partial charge in [-0.15, -0.1) is 0 Å². The fraction of sp³-hybridized carbons (Fsp3) is 0.208. The SMILES string of the molecule is COc1ccc(NS(=O)(=O)c2ccc(NC(=O)c3ccc(C(C)(C)C)cc3)cc2)cc1. The first-order valence-electron chi connectivity index (χ1n) is 9.77. The molecule has 0 aliphatic carbocycles. The van der Waals surface area contributed by atoms with Gasteiger partial charge in [0.15, 0.2) is 0 Å². The molecule has 0 bridgehead atoms. The molecule has 31 heavy (non-hydrogen) atoms. The van der Waals surface area contributed by atoms with Crippen LogP contribution in [0.3, 0.4) is 0 Å². The first-order valence-corrected chi connectivity index (χ1v) is 11.3. The molecule has 0 saturated heterocycles. The number of carbonyl (C=O) groups excluding carboxylic acids is 1. The highest BCUT2D eigenvalue weighted by molar-refractivity contribution is 7.92. The predicted octanol–water partition coefficient (Wildman–Crippen LogP) is 5.05. The van der Waals surface area contributed by atoms with E-state index in [1.165, 1.54) is 12.1 Å². The fourth-order valence-electron chi connectivity index (χ4n) is 2.92. The van der Waals surface area contributed by atoms with Gasteiger partial charge in [0.2, 0.25) is 0 Å². The monoisotopic (exact) mass is 438 g/mol. The quantitative estimate of drug-likeness (QED) is 0.564. The molecule has 7 heteroatoms. The van der Waals surface area contributed by atoms with Crippen LogP contribution in [0.1, 0.15) is 36.7 Å². The summed E-state index contributed by atoms with van der Waals surface area (Å²) in [6, 6.07) is 20.1. The summed E-state index contributed by atoms with van der Waals surface area (Å²) in [5.41, 5.74) is 2.62. The minimum Gasteiger partial charge on any atom is -0.497 e. The van der Waals surface area contributed by atoms with Gasteiger partial charge in [-0.1, -0.05) is 32.9 Å². The third-order valence-corrected chi connectivity index (χ3v) is 6.18. The molecular weight excluding hydrogens is 412 g/mol. The molecule has 6 nitrogen and oxygen atoms in total. The number of methoxy groups -OCH3 is 1. The van der Waals surface area contributed by atoms with Gasteiger partial charge in [-0.25, -0.2) is 8.42 Å². The van der Waals surface area contributed by atoms with Crippen LogP contribution in [0.5, 0.6) is 5.75 Å². The lowest BCUT2D eigenvalue weighted by Crippen LogP contribution is -2.15. The molecule has 0 aromatic heterocycles. The molecule has 3 aromatic rings. The molecule has 0 heterocycles. The Morgan fingerprint density at radius 1 is 0.806 bits per heavy atom. The third kappa shape index (κ3) is 5.64. The van der Waals surface area contributed by atoms with Crippen LogP contribution in [0.4, 0.5) is 11.4 Å². The molecule has 2 N–H and O–H groups in total. The first kappa shape index (κ1) is 22.4. The van der Waals surface area contributed by atoms with E-state index in [9.17, 15) is 13.2 Å². The lowest BCUT2D eigenvalue weighted by Gasteiger charge is -2.19. The van der Waals surface area contributed by atoms with Crippen LogP contribution in [0.2, 0.25) is 0 Å². The van der Waals surface area contributed by atoms with Crippen molar-refractivity contribution in [3.05, 3.63) is 83.9 Å².